The molecule has 0 spiro atoms. The number of rotatable bonds is 8. The molecule has 0 unspecified atom stereocenters. The molecule has 0 aliphatic carbocycles. The van der Waals surface area contributed by atoms with E-state index in [1.54, 1.807) is 11.3 Å². The molecule has 0 radical (unpaired) electrons. The maximum Gasteiger partial charge on any atom is 0.222 e. The van der Waals surface area contributed by atoms with Crippen molar-refractivity contribution in [3.63, 3.8) is 0 Å². The van der Waals surface area contributed by atoms with Crippen molar-refractivity contribution in [2.75, 3.05) is 39.3 Å². The van der Waals surface area contributed by atoms with Gasteiger partial charge in [-0.2, -0.15) is 0 Å². The molecule has 0 N–H and O–H groups in total. The van der Waals surface area contributed by atoms with Gasteiger partial charge in [-0.05, 0) is 36.4 Å². The smallest absolute Gasteiger partial charge is 0.222 e. The van der Waals surface area contributed by atoms with Crippen LogP contribution >= 0.6 is 22.9 Å². The Balaban J connectivity index is 1.31. The van der Waals surface area contributed by atoms with Gasteiger partial charge in [-0.25, -0.2) is 0 Å². The first-order valence-corrected chi connectivity index (χ1v) is 10.4. The van der Waals surface area contributed by atoms with Gasteiger partial charge in [0.15, 0.2) is 0 Å². The fourth-order valence-corrected chi connectivity index (χ4v) is 4.04. The van der Waals surface area contributed by atoms with Gasteiger partial charge in [-0.15, -0.1) is 11.3 Å². The molecule has 4 nitrogen and oxygen atoms in total. The molecule has 2 heterocycles. The lowest BCUT2D eigenvalue weighted by Gasteiger charge is -2.34. The highest BCUT2D eigenvalue weighted by molar-refractivity contribution is 7.09. The summed E-state index contributed by atoms with van der Waals surface area (Å²) < 4.78 is 5.75. The summed E-state index contributed by atoms with van der Waals surface area (Å²) in [5.41, 5.74) is 0. The zero-order valence-electron chi connectivity index (χ0n) is 14.9. The Morgan fingerprint density at radius 1 is 1.12 bits per heavy atom. The summed E-state index contributed by atoms with van der Waals surface area (Å²) in [6.07, 6.45) is 2.58. The second-order valence-electron chi connectivity index (χ2n) is 6.43. The number of nitrogens with zero attached hydrogens (tertiary/aromatic N) is 2. The van der Waals surface area contributed by atoms with Crippen LogP contribution in [-0.2, 0) is 11.2 Å². The molecule has 1 amide bonds. The number of ether oxygens (including phenoxy) is 1. The lowest BCUT2D eigenvalue weighted by molar-refractivity contribution is -0.133. The number of halogens is 1. The third-order valence-electron chi connectivity index (χ3n) is 4.62. The van der Waals surface area contributed by atoms with Gasteiger partial charge < -0.3 is 9.64 Å². The summed E-state index contributed by atoms with van der Waals surface area (Å²) in [5, 5.41) is 2.73. The van der Waals surface area contributed by atoms with Gasteiger partial charge in [0.1, 0.15) is 12.4 Å². The fraction of sp³-hybridized carbons (Fsp3) is 0.450. The highest BCUT2D eigenvalue weighted by Gasteiger charge is 2.20. The topological polar surface area (TPSA) is 32.8 Å². The Kier molecular flexibility index (Phi) is 7.35. The summed E-state index contributed by atoms with van der Waals surface area (Å²) in [7, 11) is 0. The minimum atomic E-state index is 0.286. The van der Waals surface area contributed by atoms with E-state index in [4.69, 9.17) is 16.3 Å². The molecule has 26 heavy (non-hydrogen) atoms. The normalized spacial score (nSPS) is 15.2. The lowest BCUT2D eigenvalue weighted by Crippen LogP contribution is -2.49. The van der Waals surface area contributed by atoms with E-state index in [-0.39, 0.29) is 5.91 Å². The highest BCUT2D eigenvalue weighted by Crippen LogP contribution is 2.23. The zero-order valence-corrected chi connectivity index (χ0v) is 16.5. The molecule has 1 saturated heterocycles. The largest absolute Gasteiger partial charge is 0.491 e. The lowest BCUT2D eigenvalue weighted by atomic mass is 10.2. The number of hydrogen-bond acceptors (Lipinski definition) is 4. The molecule has 1 fully saturated rings. The third kappa shape index (κ3) is 5.73. The molecule has 6 heteroatoms. The van der Waals surface area contributed by atoms with E-state index in [0.29, 0.717) is 18.1 Å². The molecular weight excluding hydrogens is 368 g/mol. The molecule has 3 rings (SSSR count). The first kappa shape index (κ1) is 19.2. The molecule has 2 aromatic rings. The summed E-state index contributed by atoms with van der Waals surface area (Å²) >= 11 is 7.86. The van der Waals surface area contributed by atoms with Gasteiger partial charge in [-0.1, -0.05) is 29.8 Å². The summed E-state index contributed by atoms with van der Waals surface area (Å²) in [6, 6.07) is 11.7. The van der Waals surface area contributed by atoms with Crippen LogP contribution in [0.1, 0.15) is 17.7 Å². The number of amides is 1. The van der Waals surface area contributed by atoms with Crippen LogP contribution in [0.15, 0.2) is 41.8 Å². The summed E-state index contributed by atoms with van der Waals surface area (Å²) in [6.45, 7) is 4.89. The van der Waals surface area contributed by atoms with E-state index in [1.165, 1.54) is 4.88 Å². The quantitative estimate of drug-likeness (QED) is 0.682. The van der Waals surface area contributed by atoms with Gasteiger partial charge in [0, 0.05) is 44.0 Å². The van der Waals surface area contributed by atoms with Crippen LogP contribution in [0.5, 0.6) is 5.75 Å². The van der Waals surface area contributed by atoms with Gasteiger partial charge in [0.2, 0.25) is 5.91 Å². The van der Waals surface area contributed by atoms with E-state index in [1.807, 2.05) is 29.2 Å². The number of piperazine rings is 1. The number of aryl methyl sites for hydroxylation is 1. The number of para-hydroxylation sites is 1. The van der Waals surface area contributed by atoms with E-state index in [2.05, 4.69) is 22.4 Å². The van der Waals surface area contributed by atoms with Crippen molar-refractivity contribution in [3.8, 4) is 5.75 Å². The Morgan fingerprint density at radius 3 is 2.65 bits per heavy atom. The number of benzene rings is 1. The van der Waals surface area contributed by atoms with Crippen LogP contribution in [-0.4, -0.2) is 55.0 Å². The van der Waals surface area contributed by atoms with Crippen LogP contribution in [0.3, 0.4) is 0 Å². The van der Waals surface area contributed by atoms with Crippen LogP contribution in [0.25, 0.3) is 0 Å². The minimum Gasteiger partial charge on any atom is -0.491 e. The first-order valence-electron chi connectivity index (χ1n) is 9.12. The molecule has 1 aromatic carbocycles. The van der Waals surface area contributed by atoms with Crippen molar-refractivity contribution in [2.24, 2.45) is 0 Å². The second kappa shape index (κ2) is 9.95. The minimum absolute atomic E-state index is 0.286. The standard InChI is InChI=1S/C20H25ClN2O2S/c21-18-7-1-2-8-19(18)25-15-14-22-10-12-23(13-11-22)20(24)9-3-5-17-6-4-16-26-17/h1-2,4,6-8,16H,3,5,9-15H2. The van der Waals surface area contributed by atoms with Crippen molar-refractivity contribution in [1.82, 2.24) is 9.80 Å². The Hall–Kier alpha value is -1.56. The number of hydrogen-bond donors (Lipinski definition) is 0. The van der Waals surface area contributed by atoms with Crippen LogP contribution in [0, 0.1) is 0 Å². The summed E-state index contributed by atoms with van der Waals surface area (Å²) in [4.78, 5) is 18.0. The molecule has 0 saturated carbocycles. The zero-order chi connectivity index (χ0) is 18.2. The average molecular weight is 393 g/mol. The van der Waals surface area contributed by atoms with Gasteiger partial charge in [-0.3, -0.25) is 9.69 Å². The van der Waals surface area contributed by atoms with Crippen molar-refractivity contribution < 1.29 is 9.53 Å². The Bertz CT molecular complexity index is 685. The summed E-state index contributed by atoms with van der Waals surface area (Å²) in [5.74, 6) is 1.02. The SMILES string of the molecule is O=C(CCCc1cccs1)N1CCN(CCOc2ccccc2Cl)CC1. The molecule has 1 aliphatic heterocycles. The van der Waals surface area contributed by atoms with Crippen LogP contribution in [0.2, 0.25) is 5.02 Å². The fourth-order valence-electron chi connectivity index (χ4n) is 3.09. The molecule has 0 bridgehead atoms. The first-order chi connectivity index (χ1) is 12.7. The van der Waals surface area contributed by atoms with Crippen molar-refractivity contribution in [1.29, 1.82) is 0 Å². The van der Waals surface area contributed by atoms with Crippen LogP contribution < -0.4 is 4.74 Å². The van der Waals surface area contributed by atoms with Crippen molar-refractivity contribution in [3.05, 3.63) is 51.7 Å². The molecule has 0 atom stereocenters. The highest BCUT2D eigenvalue weighted by atomic mass is 35.5. The van der Waals surface area contributed by atoms with E-state index in [0.717, 1.165) is 51.3 Å². The molecular formula is C20H25ClN2O2S. The molecule has 1 aromatic heterocycles. The Morgan fingerprint density at radius 2 is 1.92 bits per heavy atom. The van der Waals surface area contributed by atoms with Crippen LogP contribution in [0.4, 0.5) is 0 Å². The predicted octanol–water partition coefficient (Wildman–Crippen LogP) is 3.95. The average Bonchev–Trinajstić information content (AvgIpc) is 3.17. The monoisotopic (exact) mass is 392 g/mol. The van der Waals surface area contributed by atoms with Gasteiger partial charge >= 0.3 is 0 Å². The predicted molar refractivity (Wildman–Crippen MR) is 107 cm³/mol. The number of thiophene rings is 1. The number of carbonyl (C=O) groups is 1. The maximum atomic E-state index is 12.3. The Labute approximate surface area is 164 Å². The number of carbonyl (C=O) groups excluding carboxylic acids is 1. The van der Waals surface area contributed by atoms with E-state index in [9.17, 15) is 4.79 Å². The van der Waals surface area contributed by atoms with E-state index >= 15 is 0 Å². The van der Waals surface area contributed by atoms with Gasteiger partial charge in [0.25, 0.3) is 0 Å². The molecule has 140 valence electrons. The van der Waals surface area contributed by atoms with Crippen molar-refractivity contribution >= 4 is 28.8 Å². The maximum absolute atomic E-state index is 12.3. The second-order valence-corrected chi connectivity index (χ2v) is 7.87. The molecule has 1 aliphatic rings. The van der Waals surface area contributed by atoms with Crippen molar-refractivity contribution in [2.45, 2.75) is 19.3 Å². The van der Waals surface area contributed by atoms with Gasteiger partial charge in [0.05, 0.1) is 5.02 Å². The van der Waals surface area contributed by atoms with E-state index < -0.39 is 0 Å². The third-order valence-corrected chi connectivity index (χ3v) is 5.87.